The molecule has 0 bridgehead atoms. The Bertz CT molecular complexity index is 501. The first-order valence-corrected chi connectivity index (χ1v) is 7.78. The SMILES string of the molecule is CC(C)(Oc1ccc(F)cc1)C(=O)NCC1CCCC(O)C1. The molecule has 2 atom stereocenters. The van der Waals surface area contributed by atoms with E-state index in [0.717, 1.165) is 25.7 Å². The molecule has 0 aromatic heterocycles. The monoisotopic (exact) mass is 309 g/mol. The van der Waals surface area contributed by atoms with Crippen molar-refractivity contribution in [3.05, 3.63) is 30.1 Å². The van der Waals surface area contributed by atoms with E-state index in [2.05, 4.69) is 5.32 Å². The number of carbonyl (C=O) groups excluding carboxylic acids is 1. The van der Waals surface area contributed by atoms with Gasteiger partial charge in [-0.1, -0.05) is 6.42 Å². The Hall–Kier alpha value is -1.62. The van der Waals surface area contributed by atoms with Crippen molar-refractivity contribution in [1.82, 2.24) is 5.32 Å². The van der Waals surface area contributed by atoms with Crippen molar-refractivity contribution < 1.29 is 19.0 Å². The van der Waals surface area contributed by atoms with Gasteiger partial charge in [-0.3, -0.25) is 4.79 Å². The van der Waals surface area contributed by atoms with Crippen molar-refractivity contribution in [2.24, 2.45) is 5.92 Å². The van der Waals surface area contributed by atoms with Gasteiger partial charge in [0.15, 0.2) is 5.60 Å². The first-order valence-electron chi connectivity index (χ1n) is 7.78. The molecule has 4 nitrogen and oxygen atoms in total. The third-order valence-electron chi connectivity index (χ3n) is 4.04. The molecular weight excluding hydrogens is 285 g/mol. The molecule has 1 aliphatic carbocycles. The lowest BCUT2D eigenvalue weighted by molar-refractivity contribution is -0.134. The second-order valence-electron chi connectivity index (χ2n) is 6.46. The van der Waals surface area contributed by atoms with Crippen LogP contribution in [0.3, 0.4) is 0 Å². The standard InChI is InChI=1S/C17H24FNO3/c1-17(2,22-15-8-6-13(18)7-9-15)16(21)19-11-12-4-3-5-14(20)10-12/h6-9,12,14,20H,3-5,10-11H2,1-2H3,(H,19,21). The van der Waals surface area contributed by atoms with Gasteiger partial charge in [0.2, 0.25) is 0 Å². The fraction of sp³-hybridized carbons (Fsp3) is 0.588. The van der Waals surface area contributed by atoms with Gasteiger partial charge in [0, 0.05) is 6.54 Å². The van der Waals surface area contributed by atoms with E-state index in [-0.39, 0.29) is 17.8 Å². The van der Waals surface area contributed by atoms with Crippen molar-refractivity contribution in [1.29, 1.82) is 0 Å². The van der Waals surface area contributed by atoms with Crippen LogP contribution in [0.15, 0.2) is 24.3 Å². The molecule has 0 aliphatic heterocycles. The summed E-state index contributed by atoms with van der Waals surface area (Å²) in [6.45, 7) is 3.91. The first kappa shape index (κ1) is 16.7. The van der Waals surface area contributed by atoms with Gasteiger partial charge in [-0.2, -0.15) is 0 Å². The van der Waals surface area contributed by atoms with Crippen LogP contribution in [0.2, 0.25) is 0 Å². The summed E-state index contributed by atoms with van der Waals surface area (Å²) in [5, 5.41) is 12.5. The van der Waals surface area contributed by atoms with Crippen LogP contribution >= 0.6 is 0 Å². The van der Waals surface area contributed by atoms with E-state index < -0.39 is 5.60 Å². The number of benzene rings is 1. The molecule has 1 aromatic carbocycles. The summed E-state index contributed by atoms with van der Waals surface area (Å²) in [4.78, 5) is 12.3. The highest BCUT2D eigenvalue weighted by atomic mass is 19.1. The summed E-state index contributed by atoms with van der Waals surface area (Å²) in [6.07, 6.45) is 3.36. The topological polar surface area (TPSA) is 58.6 Å². The maximum Gasteiger partial charge on any atom is 0.263 e. The van der Waals surface area contributed by atoms with E-state index in [1.54, 1.807) is 13.8 Å². The summed E-state index contributed by atoms with van der Waals surface area (Å²) in [5.74, 6) is 0.214. The highest BCUT2D eigenvalue weighted by molar-refractivity contribution is 5.84. The van der Waals surface area contributed by atoms with Gasteiger partial charge in [-0.25, -0.2) is 4.39 Å². The number of aliphatic hydroxyl groups excluding tert-OH is 1. The molecule has 2 unspecified atom stereocenters. The molecular formula is C17H24FNO3. The smallest absolute Gasteiger partial charge is 0.263 e. The van der Waals surface area contributed by atoms with Crippen molar-refractivity contribution in [3.8, 4) is 5.75 Å². The Labute approximate surface area is 130 Å². The molecule has 0 spiro atoms. The van der Waals surface area contributed by atoms with Crippen LogP contribution < -0.4 is 10.1 Å². The molecule has 2 N–H and O–H groups in total. The summed E-state index contributed by atoms with van der Waals surface area (Å²) < 4.78 is 18.5. The highest BCUT2D eigenvalue weighted by Crippen LogP contribution is 2.24. The van der Waals surface area contributed by atoms with Gasteiger partial charge in [-0.05, 0) is 63.3 Å². The normalized spacial score (nSPS) is 22.2. The van der Waals surface area contributed by atoms with E-state index in [0.29, 0.717) is 18.2 Å². The van der Waals surface area contributed by atoms with Crippen molar-refractivity contribution >= 4 is 5.91 Å². The van der Waals surface area contributed by atoms with Crippen molar-refractivity contribution in [2.75, 3.05) is 6.54 Å². The summed E-state index contributed by atoms with van der Waals surface area (Å²) in [6, 6.07) is 5.60. The first-order chi connectivity index (χ1) is 10.4. The van der Waals surface area contributed by atoms with Crippen LogP contribution in [0.25, 0.3) is 0 Å². The summed E-state index contributed by atoms with van der Waals surface area (Å²) in [5.41, 5.74) is -1.04. The van der Waals surface area contributed by atoms with Gasteiger partial charge in [0.05, 0.1) is 6.10 Å². The molecule has 22 heavy (non-hydrogen) atoms. The van der Waals surface area contributed by atoms with Crippen LogP contribution in [-0.4, -0.2) is 29.3 Å². The molecule has 1 aliphatic rings. The van der Waals surface area contributed by atoms with Crippen LogP contribution in [0.5, 0.6) is 5.75 Å². The molecule has 0 heterocycles. The minimum absolute atomic E-state index is 0.211. The van der Waals surface area contributed by atoms with Gasteiger partial charge in [0.1, 0.15) is 11.6 Å². The predicted octanol–water partition coefficient (Wildman–Crippen LogP) is 2.65. The largest absolute Gasteiger partial charge is 0.478 e. The zero-order valence-electron chi connectivity index (χ0n) is 13.1. The number of nitrogens with one attached hydrogen (secondary N) is 1. The Morgan fingerprint density at radius 3 is 2.68 bits per heavy atom. The van der Waals surface area contributed by atoms with Crippen LogP contribution in [-0.2, 0) is 4.79 Å². The molecule has 5 heteroatoms. The third-order valence-corrected chi connectivity index (χ3v) is 4.04. The van der Waals surface area contributed by atoms with Gasteiger partial charge in [-0.15, -0.1) is 0 Å². The van der Waals surface area contributed by atoms with E-state index in [9.17, 15) is 14.3 Å². The Kier molecular flexibility index (Phi) is 5.40. The molecule has 1 aromatic rings. The van der Waals surface area contributed by atoms with Crippen LogP contribution in [0.4, 0.5) is 4.39 Å². The Morgan fingerprint density at radius 2 is 2.05 bits per heavy atom. The van der Waals surface area contributed by atoms with Crippen molar-refractivity contribution in [3.63, 3.8) is 0 Å². The second-order valence-corrected chi connectivity index (χ2v) is 6.46. The molecule has 1 fully saturated rings. The van der Waals surface area contributed by atoms with Gasteiger partial charge in [0.25, 0.3) is 5.91 Å². The lowest BCUT2D eigenvalue weighted by Gasteiger charge is -2.29. The summed E-state index contributed by atoms with van der Waals surface area (Å²) >= 11 is 0. The molecule has 1 amide bonds. The number of amides is 1. The lowest BCUT2D eigenvalue weighted by Crippen LogP contribution is -2.48. The van der Waals surface area contributed by atoms with Crippen LogP contribution in [0, 0.1) is 11.7 Å². The van der Waals surface area contributed by atoms with Crippen LogP contribution in [0.1, 0.15) is 39.5 Å². The van der Waals surface area contributed by atoms with E-state index >= 15 is 0 Å². The Morgan fingerprint density at radius 1 is 1.36 bits per heavy atom. The minimum atomic E-state index is -1.04. The lowest BCUT2D eigenvalue weighted by atomic mass is 9.87. The maximum absolute atomic E-state index is 12.9. The van der Waals surface area contributed by atoms with E-state index in [1.807, 2.05) is 0 Å². The van der Waals surface area contributed by atoms with E-state index in [1.165, 1.54) is 24.3 Å². The fourth-order valence-electron chi connectivity index (χ4n) is 2.74. The fourth-order valence-corrected chi connectivity index (χ4v) is 2.74. The zero-order chi connectivity index (χ0) is 16.2. The number of aliphatic hydroxyl groups is 1. The van der Waals surface area contributed by atoms with E-state index in [4.69, 9.17) is 4.74 Å². The Balaban J connectivity index is 1.85. The molecule has 1 saturated carbocycles. The number of rotatable bonds is 5. The number of hydrogen-bond acceptors (Lipinski definition) is 3. The van der Waals surface area contributed by atoms with Gasteiger partial charge >= 0.3 is 0 Å². The zero-order valence-corrected chi connectivity index (χ0v) is 13.1. The predicted molar refractivity (Wildman–Crippen MR) is 82.1 cm³/mol. The molecule has 0 saturated heterocycles. The average molecular weight is 309 g/mol. The highest BCUT2D eigenvalue weighted by Gasteiger charge is 2.31. The third kappa shape index (κ3) is 4.70. The maximum atomic E-state index is 12.9. The average Bonchev–Trinajstić information content (AvgIpc) is 2.47. The number of halogens is 1. The number of ether oxygens (including phenoxy) is 1. The summed E-state index contributed by atoms with van der Waals surface area (Å²) in [7, 11) is 0. The molecule has 0 radical (unpaired) electrons. The molecule has 2 rings (SSSR count). The second kappa shape index (κ2) is 7.09. The molecule has 122 valence electrons. The van der Waals surface area contributed by atoms with Gasteiger partial charge < -0.3 is 15.2 Å². The number of carbonyl (C=O) groups is 1. The quantitative estimate of drug-likeness (QED) is 0.879. The minimum Gasteiger partial charge on any atom is -0.478 e. The van der Waals surface area contributed by atoms with Crippen molar-refractivity contribution in [2.45, 2.75) is 51.2 Å². The number of hydrogen-bond donors (Lipinski definition) is 2.